The number of nitrogens with zero attached hydrogens (tertiary/aromatic N) is 4. The topological polar surface area (TPSA) is 98.5 Å². The van der Waals surface area contributed by atoms with Gasteiger partial charge in [-0.15, -0.1) is 4.37 Å². The Morgan fingerprint density at radius 3 is 2.75 bits per heavy atom. The Morgan fingerprint density at radius 2 is 2.12 bits per heavy atom. The normalized spacial score (nSPS) is 10.5. The SMILES string of the molecule is CCCN(C)C(=O)Oc1nsnc1-c1c(Cl)ccc([N+](=O)[O-])c1Cl. The molecule has 8 nitrogen and oxygen atoms in total. The number of aromatic nitrogens is 2. The summed E-state index contributed by atoms with van der Waals surface area (Å²) in [7, 11) is 1.58. The molecule has 1 aromatic heterocycles. The van der Waals surface area contributed by atoms with Gasteiger partial charge in [-0.25, -0.2) is 4.79 Å². The number of rotatable bonds is 5. The van der Waals surface area contributed by atoms with E-state index in [2.05, 4.69) is 8.75 Å². The van der Waals surface area contributed by atoms with Crippen LogP contribution in [-0.4, -0.2) is 38.3 Å². The van der Waals surface area contributed by atoms with Crippen molar-refractivity contribution in [3.8, 4) is 17.1 Å². The van der Waals surface area contributed by atoms with Crippen molar-refractivity contribution in [3.63, 3.8) is 0 Å². The molecule has 24 heavy (non-hydrogen) atoms. The number of ether oxygens (including phenoxy) is 1. The average Bonchev–Trinajstić information content (AvgIpc) is 2.95. The molecule has 0 radical (unpaired) electrons. The van der Waals surface area contributed by atoms with Crippen LogP contribution in [0.25, 0.3) is 11.3 Å². The predicted molar refractivity (Wildman–Crippen MR) is 91.0 cm³/mol. The summed E-state index contributed by atoms with van der Waals surface area (Å²) in [4.78, 5) is 23.8. The molecule has 11 heteroatoms. The molecular formula is C13H12Cl2N4O4S. The lowest BCUT2D eigenvalue weighted by molar-refractivity contribution is -0.384. The first-order chi connectivity index (χ1) is 11.4. The monoisotopic (exact) mass is 390 g/mol. The van der Waals surface area contributed by atoms with E-state index in [1.807, 2.05) is 6.92 Å². The van der Waals surface area contributed by atoms with Crippen LogP contribution in [0, 0.1) is 10.1 Å². The van der Waals surface area contributed by atoms with Crippen LogP contribution in [0.4, 0.5) is 10.5 Å². The van der Waals surface area contributed by atoms with Crippen LogP contribution >= 0.6 is 34.9 Å². The molecule has 0 aliphatic heterocycles. The lowest BCUT2D eigenvalue weighted by Crippen LogP contribution is -2.30. The number of amides is 1. The number of carbonyl (C=O) groups excluding carboxylic acids is 1. The van der Waals surface area contributed by atoms with Gasteiger partial charge >= 0.3 is 6.09 Å². The molecule has 0 bridgehead atoms. The fourth-order valence-electron chi connectivity index (χ4n) is 1.89. The zero-order valence-corrected chi connectivity index (χ0v) is 15.0. The third-order valence-electron chi connectivity index (χ3n) is 3.02. The Labute approximate surface area is 151 Å². The van der Waals surface area contributed by atoms with Crippen molar-refractivity contribution in [2.45, 2.75) is 13.3 Å². The molecule has 0 fully saturated rings. The van der Waals surface area contributed by atoms with Crippen LogP contribution < -0.4 is 4.74 Å². The van der Waals surface area contributed by atoms with E-state index >= 15 is 0 Å². The second kappa shape index (κ2) is 7.73. The number of hydrogen-bond acceptors (Lipinski definition) is 7. The number of carbonyl (C=O) groups is 1. The second-order valence-corrected chi connectivity index (χ2v) is 6.03. The summed E-state index contributed by atoms with van der Waals surface area (Å²) in [6.07, 6.45) is 0.138. The van der Waals surface area contributed by atoms with Gasteiger partial charge in [0.25, 0.3) is 11.6 Å². The smallest absolute Gasteiger partial charge is 0.388 e. The van der Waals surface area contributed by atoms with E-state index in [0.717, 1.165) is 18.1 Å². The molecule has 0 N–H and O–H groups in total. The third kappa shape index (κ3) is 3.74. The molecule has 0 unspecified atom stereocenters. The maximum Gasteiger partial charge on any atom is 0.416 e. The van der Waals surface area contributed by atoms with E-state index in [1.165, 1.54) is 17.0 Å². The van der Waals surface area contributed by atoms with E-state index in [4.69, 9.17) is 27.9 Å². The largest absolute Gasteiger partial charge is 0.416 e. The minimum Gasteiger partial charge on any atom is -0.388 e. The van der Waals surface area contributed by atoms with Crippen LogP contribution in [-0.2, 0) is 0 Å². The molecule has 1 amide bonds. The number of nitro groups is 1. The summed E-state index contributed by atoms with van der Waals surface area (Å²) >= 11 is 13.0. The third-order valence-corrected chi connectivity index (χ3v) is 4.23. The van der Waals surface area contributed by atoms with Crippen molar-refractivity contribution in [3.05, 3.63) is 32.3 Å². The highest BCUT2D eigenvalue weighted by atomic mass is 35.5. The van der Waals surface area contributed by atoms with E-state index in [1.54, 1.807) is 7.05 Å². The van der Waals surface area contributed by atoms with Crippen molar-refractivity contribution in [1.29, 1.82) is 0 Å². The van der Waals surface area contributed by atoms with Crippen LogP contribution in [0.1, 0.15) is 13.3 Å². The van der Waals surface area contributed by atoms with Crippen molar-refractivity contribution in [2.24, 2.45) is 0 Å². The maximum atomic E-state index is 12.0. The van der Waals surface area contributed by atoms with Gasteiger partial charge in [-0.1, -0.05) is 30.1 Å². The Bertz CT molecular complexity index is 783. The van der Waals surface area contributed by atoms with Crippen molar-refractivity contribution in [2.75, 3.05) is 13.6 Å². The zero-order chi connectivity index (χ0) is 17.9. The first-order valence-electron chi connectivity index (χ1n) is 6.75. The van der Waals surface area contributed by atoms with Crippen LogP contribution in [0.15, 0.2) is 12.1 Å². The summed E-state index contributed by atoms with van der Waals surface area (Å²) in [6, 6.07) is 2.52. The number of benzene rings is 1. The molecule has 0 spiro atoms. The number of hydrogen-bond donors (Lipinski definition) is 0. The molecule has 2 rings (SSSR count). The highest BCUT2D eigenvalue weighted by Crippen LogP contribution is 2.42. The van der Waals surface area contributed by atoms with Gasteiger partial charge in [0, 0.05) is 19.7 Å². The highest BCUT2D eigenvalue weighted by molar-refractivity contribution is 6.99. The fraction of sp³-hybridized carbons (Fsp3) is 0.308. The molecule has 0 aliphatic rings. The maximum absolute atomic E-state index is 12.0. The van der Waals surface area contributed by atoms with Gasteiger partial charge < -0.3 is 9.64 Å². The Balaban J connectivity index is 2.42. The average molecular weight is 391 g/mol. The van der Waals surface area contributed by atoms with Crippen LogP contribution in [0.5, 0.6) is 5.88 Å². The molecule has 0 saturated carbocycles. The summed E-state index contributed by atoms with van der Waals surface area (Å²) < 4.78 is 13.1. The molecule has 1 heterocycles. The predicted octanol–water partition coefficient (Wildman–Crippen LogP) is 4.26. The summed E-state index contributed by atoms with van der Waals surface area (Å²) in [5.74, 6) is -0.0998. The Morgan fingerprint density at radius 1 is 1.42 bits per heavy atom. The van der Waals surface area contributed by atoms with Gasteiger partial charge in [0.05, 0.1) is 27.2 Å². The second-order valence-electron chi connectivity index (χ2n) is 4.72. The summed E-state index contributed by atoms with van der Waals surface area (Å²) in [6.45, 7) is 2.42. The van der Waals surface area contributed by atoms with Crippen molar-refractivity contribution in [1.82, 2.24) is 13.6 Å². The molecule has 2 aromatic rings. The van der Waals surface area contributed by atoms with Crippen LogP contribution in [0.2, 0.25) is 10.0 Å². The van der Waals surface area contributed by atoms with Gasteiger partial charge in [-0.3, -0.25) is 10.1 Å². The molecule has 0 aliphatic carbocycles. The van der Waals surface area contributed by atoms with Crippen LogP contribution in [0.3, 0.4) is 0 Å². The van der Waals surface area contributed by atoms with E-state index in [0.29, 0.717) is 6.54 Å². The van der Waals surface area contributed by atoms with E-state index < -0.39 is 11.0 Å². The molecule has 128 valence electrons. The van der Waals surface area contributed by atoms with Crippen molar-refractivity contribution < 1.29 is 14.5 Å². The summed E-state index contributed by atoms with van der Waals surface area (Å²) in [5, 5.41) is 11.0. The van der Waals surface area contributed by atoms with Gasteiger partial charge in [0.2, 0.25) is 0 Å². The molecule has 0 atom stereocenters. The van der Waals surface area contributed by atoms with Crippen molar-refractivity contribution >= 4 is 46.7 Å². The first-order valence-corrected chi connectivity index (χ1v) is 8.23. The van der Waals surface area contributed by atoms with Gasteiger partial charge in [-0.2, -0.15) is 4.37 Å². The lowest BCUT2D eigenvalue weighted by Gasteiger charge is -2.15. The lowest BCUT2D eigenvalue weighted by atomic mass is 10.1. The molecule has 1 aromatic carbocycles. The molecular weight excluding hydrogens is 379 g/mol. The highest BCUT2D eigenvalue weighted by Gasteiger charge is 2.26. The Hall–Kier alpha value is -1.97. The van der Waals surface area contributed by atoms with E-state index in [-0.39, 0.29) is 32.9 Å². The molecule has 0 saturated heterocycles. The Kier molecular flexibility index (Phi) is 5.92. The van der Waals surface area contributed by atoms with E-state index in [9.17, 15) is 14.9 Å². The zero-order valence-electron chi connectivity index (χ0n) is 12.7. The first kappa shape index (κ1) is 18.4. The standard InChI is InChI=1S/C13H12Cl2N4O4S/c1-3-6-18(2)13(20)23-12-11(16-24-17-12)9-7(14)4-5-8(10(9)15)19(21)22/h4-5H,3,6H2,1-2H3. The summed E-state index contributed by atoms with van der Waals surface area (Å²) in [5.41, 5.74) is -0.149. The minimum atomic E-state index is -0.636. The fourth-order valence-corrected chi connectivity index (χ4v) is 3.00. The van der Waals surface area contributed by atoms with Gasteiger partial charge in [0.15, 0.2) is 5.69 Å². The number of nitro benzene ring substituents is 1. The van der Waals surface area contributed by atoms with Gasteiger partial charge in [0.1, 0.15) is 5.02 Å². The van der Waals surface area contributed by atoms with Gasteiger partial charge in [-0.05, 0) is 12.5 Å². The quantitative estimate of drug-likeness (QED) is 0.558. The minimum absolute atomic E-state index is 0.0805. The number of halogens is 2.